The first-order chi connectivity index (χ1) is 11.2. The van der Waals surface area contributed by atoms with Crippen LogP contribution in [0.4, 0.5) is 0 Å². The Bertz CT molecular complexity index is 525. The molecule has 1 aliphatic rings. The Labute approximate surface area is 140 Å². The summed E-state index contributed by atoms with van der Waals surface area (Å²) in [6.45, 7) is 3.67. The van der Waals surface area contributed by atoms with Crippen molar-refractivity contribution in [1.29, 1.82) is 0 Å². The second kappa shape index (κ2) is 9.00. The van der Waals surface area contributed by atoms with Crippen molar-refractivity contribution in [2.24, 2.45) is 0 Å². The molecule has 0 saturated carbocycles. The lowest BCUT2D eigenvalue weighted by molar-refractivity contribution is -0.128. The summed E-state index contributed by atoms with van der Waals surface area (Å²) in [7, 11) is 1.61. The molecule has 2 rings (SSSR count). The molecule has 7 heteroatoms. The molecule has 128 valence electrons. The van der Waals surface area contributed by atoms with Crippen LogP contribution in [0.15, 0.2) is 18.2 Å². The number of aliphatic hydroxyl groups is 1. The number of nitrogens with zero attached hydrogens (tertiary/aromatic N) is 1. The number of aliphatic hydroxyl groups excluding tert-OH is 1. The topological polar surface area (TPSA) is 68.2 Å². The molecule has 1 unspecified atom stereocenters. The van der Waals surface area contributed by atoms with Gasteiger partial charge in [-0.1, -0.05) is 6.07 Å². The second-order valence-electron chi connectivity index (χ2n) is 4.93. The Morgan fingerprint density at radius 2 is 2.17 bits per heavy atom. The van der Waals surface area contributed by atoms with Crippen LogP contribution in [0.5, 0.6) is 11.5 Å². The van der Waals surface area contributed by atoms with Crippen molar-refractivity contribution < 1.29 is 24.1 Å². The van der Waals surface area contributed by atoms with E-state index in [9.17, 15) is 4.79 Å². The molecule has 1 aromatic rings. The van der Waals surface area contributed by atoms with Gasteiger partial charge in [0.1, 0.15) is 5.37 Å². The molecule has 0 aliphatic carbocycles. The lowest BCUT2D eigenvalue weighted by atomic mass is 10.2. The summed E-state index contributed by atoms with van der Waals surface area (Å²) >= 11 is 1.59. The van der Waals surface area contributed by atoms with E-state index >= 15 is 0 Å². The minimum absolute atomic E-state index is 0.0116. The van der Waals surface area contributed by atoms with E-state index in [-0.39, 0.29) is 24.5 Å². The zero-order valence-electron chi connectivity index (χ0n) is 13.5. The standard InChI is InChI=1S/C16H23NO5S/c1-3-22-14-10-12(4-5-13(14)20-2)16-17(15(19)11-23-16)6-8-21-9-7-18/h4-5,10,16,18H,3,6-9,11H2,1-2H3. The summed E-state index contributed by atoms with van der Waals surface area (Å²) in [5.41, 5.74) is 1.01. The average Bonchev–Trinajstić information content (AvgIpc) is 2.93. The quantitative estimate of drug-likeness (QED) is 0.689. The summed E-state index contributed by atoms with van der Waals surface area (Å²) in [4.78, 5) is 13.9. The molecule has 0 spiro atoms. The van der Waals surface area contributed by atoms with E-state index in [0.717, 1.165) is 5.56 Å². The van der Waals surface area contributed by atoms with Gasteiger partial charge in [0.05, 0.1) is 39.3 Å². The van der Waals surface area contributed by atoms with E-state index in [1.54, 1.807) is 23.8 Å². The number of hydrogen-bond donors (Lipinski definition) is 1. The van der Waals surface area contributed by atoms with Gasteiger partial charge in [0, 0.05) is 6.54 Å². The van der Waals surface area contributed by atoms with Crippen LogP contribution in [-0.4, -0.2) is 61.7 Å². The number of benzene rings is 1. The molecule has 1 fully saturated rings. The molecular formula is C16H23NO5S. The lowest BCUT2D eigenvalue weighted by Gasteiger charge is -2.24. The third-order valence-corrected chi connectivity index (χ3v) is 4.71. The lowest BCUT2D eigenvalue weighted by Crippen LogP contribution is -2.31. The fourth-order valence-corrected chi connectivity index (χ4v) is 3.62. The van der Waals surface area contributed by atoms with Crippen molar-refractivity contribution >= 4 is 17.7 Å². The summed E-state index contributed by atoms with van der Waals surface area (Å²) in [5.74, 6) is 1.92. The minimum atomic E-state index is -0.0506. The number of rotatable bonds is 9. The predicted octanol–water partition coefficient (Wildman–Crippen LogP) is 1.68. The summed E-state index contributed by atoms with van der Waals surface area (Å²) in [6, 6.07) is 5.75. The molecule has 1 heterocycles. The van der Waals surface area contributed by atoms with Crippen LogP contribution in [0.3, 0.4) is 0 Å². The molecule has 1 aromatic carbocycles. The number of carbonyl (C=O) groups is 1. The van der Waals surface area contributed by atoms with Gasteiger partial charge in [0.2, 0.25) is 5.91 Å². The van der Waals surface area contributed by atoms with Crippen molar-refractivity contribution in [2.75, 3.05) is 45.8 Å². The molecule has 0 aromatic heterocycles. The van der Waals surface area contributed by atoms with Crippen LogP contribution < -0.4 is 9.47 Å². The van der Waals surface area contributed by atoms with E-state index in [4.69, 9.17) is 19.3 Å². The fraction of sp³-hybridized carbons (Fsp3) is 0.562. The predicted molar refractivity (Wildman–Crippen MR) is 89.0 cm³/mol. The third-order valence-electron chi connectivity index (χ3n) is 3.45. The van der Waals surface area contributed by atoms with Gasteiger partial charge in [0.15, 0.2) is 11.5 Å². The zero-order valence-corrected chi connectivity index (χ0v) is 14.3. The number of ether oxygens (including phenoxy) is 3. The van der Waals surface area contributed by atoms with Crippen LogP contribution in [0, 0.1) is 0 Å². The van der Waals surface area contributed by atoms with Gasteiger partial charge in [-0.25, -0.2) is 0 Å². The number of thioether (sulfide) groups is 1. The highest BCUT2D eigenvalue weighted by Crippen LogP contribution is 2.41. The largest absolute Gasteiger partial charge is 0.493 e. The Balaban J connectivity index is 2.11. The SMILES string of the molecule is CCOc1cc(C2SCC(=O)N2CCOCCO)ccc1OC. The first-order valence-corrected chi connectivity index (χ1v) is 8.66. The maximum absolute atomic E-state index is 12.1. The zero-order chi connectivity index (χ0) is 16.7. The Morgan fingerprint density at radius 3 is 2.87 bits per heavy atom. The molecule has 0 bridgehead atoms. The monoisotopic (exact) mass is 341 g/mol. The smallest absolute Gasteiger partial charge is 0.233 e. The van der Waals surface area contributed by atoms with Crippen LogP contribution in [0.1, 0.15) is 17.9 Å². The number of amides is 1. The highest BCUT2D eigenvalue weighted by atomic mass is 32.2. The molecule has 1 aliphatic heterocycles. The van der Waals surface area contributed by atoms with Gasteiger partial charge in [-0.05, 0) is 24.6 Å². The second-order valence-corrected chi connectivity index (χ2v) is 6.00. The van der Waals surface area contributed by atoms with Gasteiger partial charge < -0.3 is 24.2 Å². The first kappa shape index (κ1) is 17.9. The van der Waals surface area contributed by atoms with Gasteiger partial charge in [-0.3, -0.25) is 4.79 Å². The Morgan fingerprint density at radius 1 is 1.35 bits per heavy atom. The maximum atomic E-state index is 12.1. The van der Waals surface area contributed by atoms with Gasteiger partial charge >= 0.3 is 0 Å². The van der Waals surface area contributed by atoms with Crippen molar-refractivity contribution in [3.8, 4) is 11.5 Å². The molecule has 1 saturated heterocycles. The molecule has 1 atom stereocenters. The third kappa shape index (κ3) is 4.53. The number of hydrogen-bond acceptors (Lipinski definition) is 6. The molecule has 23 heavy (non-hydrogen) atoms. The van der Waals surface area contributed by atoms with E-state index in [1.165, 1.54) is 0 Å². The van der Waals surface area contributed by atoms with Crippen molar-refractivity contribution in [3.05, 3.63) is 23.8 Å². The summed E-state index contributed by atoms with van der Waals surface area (Å²) in [6.07, 6.45) is 0. The van der Waals surface area contributed by atoms with Crippen molar-refractivity contribution in [1.82, 2.24) is 4.90 Å². The molecule has 6 nitrogen and oxygen atoms in total. The van der Waals surface area contributed by atoms with Crippen molar-refractivity contribution in [3.63, 3.8) is 0 Å². The van der Waals surface area contributed by atoms with E-state index < -0.39 is 0 Å². The maximum Gasteiger partial charge on any atom is 0.233 e. The Hall–Kier alpha value is -1.44. The molecule has 1 amide bonds. The van der Waals surface area contributed by atoms with Crippen LogP contribution in [-0.2, 0) is 9.53 Å². The number of carbonyl (C=O) groups excluding carboxylic acids is 1. The van der Waals surface area contributed by atoms with Gasteiger partial charge in [-0.15, -0.1) is 11.8 Å². The molecule has 1 N–H and O–H groups in total. The summed E-state index contributed by atoms with van der Waals surface area (Å²) in [5, 5.41) is 8.68. The summed E-state index contributed by atoms with van der Waals surface area (Å²) < 4.78 is 16.2. The normalized spacial score (nSPS) is 17.6. The fourth-order valence-electron chi connectivity index (χ4n) is 2.42. The Kier molecular flexibility index (Phi) is 7.01. The highest BCUT2D eigenvalue weighted by Gasteiger charge is 2.32. The van der Waals surface area contributed by atoms with Crippen LogP contribution in [0.2, 0.25) is 0 Å². The number of methoxy groups -OCH3 is 1. The van der Waals surface area contributed by atoms with E-state index in [2.05, 4.69) is 0 Å². The van der Waals surface area contributed by atoms with E-state index in [1.807, 2.05) is 25.1 Å². The van der Waals surface area contributed by atoms with Crippen LogP contribution in [0.25, 0.3) is 0 Å². The molecule has 0 radical (unpaired) electrons. The van der Waals surface area contributed by atoms with Crippen molar-refractivity contribution in [2.45, 2.75) is 12.3 Å². The van der Waals surface area contributed by atoms with Gasteiger partial charge in [-0.2, -0.15) is 0 Å². The van der Waals surface area contributed by atoms with E-state index in [0.29, 0.717) is 37.0 Å². The van der Waals surface area contributed by atoms with Crippen LogP contribution >= 0.6 is 11.8 Å². The highest BCUT2D eigenvalue weighted by molar-refractivity contribution is 8.00. The minimum Gasteiger partial charge on any atom is -0.493 e. The molecular weight excluding hydrogens is 318 g/mol. The first-order valence-electron chi connectivity index (χ1n) is 7.61. The average molecular weight is 341 g/mol. The van der Waals surface area contributed by atoms with Gasteiger partial charge in [0.25, 0.3) is 0 Å².